The third-order valence-corrected chi connectivity index (χ3v) is 4.88. The second kappa shape index (κ2) is 10.6. The van der Waals surface area contributed by atoms with E-state index in [0.717, 1.165) is 44.5 Å². The maximum absolute atomic E-state index is 12.9. The molecule has 164 valence electrons. The lowest BCUT2D eigenvalue weighted by molar-refractivity contribution is -0.274. The van der Waals surface area contributed by atoms with Crippen LogP contribution in [0.5, 0.6) is 11.5 Å². The molecule has 0 saturated carbocycles. The minimum absolute atomic E-state index is 0.208. The number of hydrogen-bond acceptors (Lipinski definition) is 4. The van der Waals surface area contributed by atoms with Crippen molar-refractivity contribution in [3.63, 3.8) is 0 Å². The zero-order valence-corrected chi connectivity index (χ0v) is 16.5. The molecule has 1 aliphatic rings. The Balaban J connectivity index is 1.27. The van der Waals surface area contributed by atoms with Gasteiger partial charge in [0.1, 0.15) is 17.3 Å². The number of likely N-dealkylation sites (tertiary alicyclic amines) is 1. The van der Waals surface area contributed by atoms with Gasteiger partial charge in [0.2, 0.25) is 0 Å². The van der Waals surface area contributed by atoms with Crippen LogP contribution in [0, 0.1) is 5.82 Å². The van der Waals surface area contributed by atoms with E-state index in [2.05, 4.69) is 9.64 Å². The average Bonchev–Trinajstić information content (AvgIpc) is 2.72. The van der Waals surface area contributed by atoms with E-state index < -0.39 is 6.36 Å². The number of ether oxygens (including phenoxy) is 3. The van der Waals surface area contributed by atoms with Crippen LogP contribution in [-0.2, 0) is 11.3 Å². The highest BCUT2D eigenvalue weighted by atomic mass is 19.4. The minimum atomic E-state index is -4.69. The van der Waals surface area contributed by atoms with E-state index in [0.29, 0.717) is 19.0 Å². The maximum atomic E-state index is 12.9. The molecule has 4 nitrogen and oxygen atoms in total. The highest BCUT2D eigenvalue weighted by Gasteiger charge is 2.31. The predicted octanol–water partition coefficient (Wildman–Crippen LogP) is 5.17. The van der Waals surface area contributed by atoms with Crippen molar-refractivity contribution >= 4 is 0 Å². The Bertz CT molecular complexity index is 757. The van der Waals surface area contributed by atoms with Crippen LogP contribution in [0.2, 0.25) is 0 Å². The first-order valence-corrected chi connectivity index (χ1v) is 9.94. The van der Waals surface area contributed by atoms with Crippen molar-refractivity contribution in [2.45, 2.75) is 38.3 Å². The summed E-state index contributed by atoms with van der Waals surface area (Å²) >= 11 is 0. The summed E-state index contributed by atoms with van der Waals surface area (Å²) in [6.45, 7) is 3.75. The number of halogens is 4. The number of piperidine rings is 1. The van der Waals surface area contributed by atoms with E-state index in [4.69, 9.17) is 9.47 Å². The zero-order chi connectivity index (χ0) is 21.4. The van der Waals surface area contributed by atoms with Crippen molar-refractivity contribution in [3.05, 3.63) is 59.9 Å². The van der Waals surface area contributed by atoms with Crippen molar-refractivity contribution < 1.29 is 31.8 Å². The van der Waals surface area contributed by atoms with Crippen molar-refractivity contribution in [2.24, 2.45) is 0 Å². The minimum Gasteiger partial charge on any atom is -0.494 e. The highest BCUT2D eigenvalue weighted by Crippen LogP contribution is 2.24. The van der Waals surface area contributed by atoms with E-state index in [1.165, 1.54) is 36.4 Å². The SMILES string of the molecule is Fc1ccc(COC2CCN(CCCOc3ccc(OC(F)(F)F)cc3)CC2)cc1. The Morgan fingerprint density at radius 2 is 1.53 bits per heavy atom. The third kappa shape index (κ3) is 7.84. The standard InChI is InChI=1S/C22H25F4NO3/c23-18-4-2-17(3-5-18)16-29-20-10-13-27(14-11-20)12-1-15-28-19-6-8-21(9-7-19)30-22(24,25)26/h2-9,20H,1,10-16H2. The molecule has 2 aromatic carbocycles. The summed E-state index contributed by atoms with van der Waals surface area (Å²) in [5, 5.41) is 0. The maximum Gasteiger partial charge on any atom is 0.573 e. The van der Waals surface area contributed by atoms with Gasteiger partial charge in [-0.2, -0.15) is 0 Å². The topological polar surface area (TPSA) is 30.9 Å². The van der Waals surface area contributed by atoms with Gasteiger partial charge in [0.25, 0.3) is 0 Å². The molecule has 1 heterocycles. The number of nitrogens with zero attached hydrogens (tertiary/aromatic N) is 1. The molecule has 0 bridgehead atoms. The fraction of sp³-hybridized carbons (Fsp3) is 0.455. The van der Waals surface area contributed by atoms with Gasteiger partial charge in [-0.25, -0.2) is 4.39 Å². The van der Waals surface area contributed by atoms with Gasteiger partial charge in [0.15, 0.2) is 0 Å². The van der Waals surface area contributed by atoms with E-state index in [1.54, 1.807) is 12.1 Å². The van der Waals surface area contributed by atoms with Gasteiger partial charge in [-0.3, -0.25) is 0 Å². The lowest BCUT2D eigenvalue weighted by Crippen LogP contribution is -2.37. The highest BCUT2D eigenvalue weighted by molar-refractivity contribution is 5.31. The predicted molar refractivity (Wildman–Crippen MR) is 104 cm³/mol. The Kier molecular flexibility index (Phi) is 7.93. The first-order chi connectivity index (χ1) is 14.4. The molecule has 1 saturated heterocycles. The molecule has 8 heteroatoms. The molecule has 0 spiro atoms. The Morgan fingerprint density at radius 3 is 2.17 bits per heavy atom. The van der Waals surface area contributed by atoms with Gasteiger partial charge >= 0.3 is 6.36 Å². The molecule has 0 atom stereocenters. The van der Waals surface area contributed by atoms with Gasteiger partial charge in [-0.15, -0.1) is 13.2 Å². The molecule has 0 aromatic heterocycles. The van der Waals surface area contributed by atoms with Gasteiger partial charge < -0.3 is 19.1 Å². The van der Waals surface area contributed by atoms with Crippen LogP contribution in [0.3, 0.4) is 0 Å². The Morgan fingerprint density at radius 1 is 0.900 bits per heavy atom. The van der Waals surface area contributed by atoms with E-state index >= 15 is 0 Å². The number of hydrogen-bond donors (Lipinski definition) is 0. The Labute approximate surface area is 173 Å². The van der Waals surface area contributed by atoms with Gasteiger partial charge in [0.05, 0.1) is 19.3 Å². The summed E-state index contributed by atoms with van der Waals surface area (Å²) in [5.41, 5.74) is 0.967. The number of rotatable bonds is 9. The van der Waals surface area contributed by atoms with Crippen LogP contribution >= 0.6 is 0 Å². The van der Waals surface area contributed by atoms with Crippen LogP contribution in [0.15, 0.2) is 48.5 Å². The molecular formula is C22H25F4NO3. The summed E-state index contributed by atoms with van der Waals surface area (Å²) in [6.07, 6.45) is -1.77. The van der Waals surface area contributed by atoms with Gasteiger partial charge in [0, 0.05) is 19.6 Å². The first kappa shape index (κ1) is 22.4. The first-order valence-electron chi connectivity index (χ1n) is 9.94. The molecule has 0 N–H and O–H groups in total. The average molecular weight is 427 g/mol. The summed E-state index contributed by atoms with van der Waals surface area (Å²) < 4.78 is 64.7. The van der Waals surface area contributed by atoms with Crippen LogP contribution in [0.25, 0.3) is 0 Å². The molecular weight excluding hydrogens is 402 g/mol. The van der Waals surface area contributed by atoms with Gasteiger partial charge in [-0.05, 0) is 61.2 Å². The summed E-state index contributed by atoms with van der Waals surface area (Å²) in [6, 6.07) is 11.7. The summed E-state index contributed by atoms with van der Waals surface area (Å²) in [7, 11) is 0. The Hall–Kier alpha value is -2.32. The molecule has 2 aromatic rings. The third-order valence-electron chi connectivity index (χ3n) is 4.88. The summed E-state index contributed by atoms with van der Waals surface area (Å²) in [4.78, 5) is 2.35. The normalized spacial score (nSPS) is 15.9. The number of benzene rings is 2. The van der Waals surface area contributed by atoms with E-state index in [1.807, 2.05) is 0 Å². The molecule has 0 unspecified atom stereocenters. The monoisotopic (exact) mass is 427 g/mol. The molecule has 30 heavy (non-hydrogen) atoms. The lowest BCUT2D eigenvalue weighted by atomic mass is 10.1. The molecule has 1 fully saturated rings. The number of alkyl halides is 3. The van der Waals surface area contributed by atoms with Crippen LogP contribution in [-0.4, -0.2) is 43.6 Å². The second-order valence-electron chi connectivity index (χ2n) is 7.20. The van der Waals surface area contributed by atoms with Crippen LogP contribution < -0.4 is 9.47 Å². The van der Waals surface area contributed by atoms with Gasteiger partial charge in [-0.1, -0.05) is 12.1 Å². The zero-order valence-electron chi connectivity index (χ0n) is 16.5. The molecule has 1 aliphatic heterocycles. The lowest BCUT2D eigenvalue weighted by Gasteiger charge is -2.31. The smallest absolute Gasteiger partial charge is 0.494 e. The van der Waals surface area contributed by atoms with Crippen molar-refractivity contribution in [3.8, 4) is 11.5 Å². The molecule has 0 amide bonds. The van der Waals surface area contributed by atoms with Crippen LogP contribution in [0.1, 0.15) is 24.8 Å². The fourth-order valence-corrected chi connectivity index (χ4v) is 3.31. The molecule has 0 radical (unpaired) electrons. The van der Waals surface area contributed by atoms with Crippen molar-refractivity contribution in [1.82, 2.24) is 4.90 Å². The molecule has 0 aliphatic carbocycles. The molecule has 3 rings (SSSR count). The van der Waals surface area contributed by atoms with Crippen LogP contribution in [0.4, 0.5) is 17.6 Å². The largest absolute Gasteiger partial charge is 0.573 e. The van der Waals surface area contributed by atoms with E-state index in [-0.39, 0.29) is 17.7 Å². The summed E-state index contributed by atoms with van der Waals surface area (Å²) in [5.74, 6) is 0.000293. The quantitative estimate of drug-likeness (QED) is 0.408. The van der Waals surface area contributed by atoms with E-state index in [9.17, 15) is 17.6 Å². The second-order valence-corrected chi connectivity index (χ2v) is 7.20. The fourth-order valence-electron chi connectivity index (χ4n) is 3.31. The van der Waals surface area contributed by atoms with Crippen molar-refractivity contribution in [2.75, 3.05) is 26.2 Å². The van der Waals surface area contributed by atoms with Crippen molar-refractivity contribution in [1.29, 1.82) is 0 Å².